The molecule has 3 aliphatic rings. The van der Waals surface area contributed by atoms with Crippen LogP contribution in [0.3, 0.4) is 0 Å². The Balaban J connectivity index is 1.59. The third kappa shape index (κ3) is 3.81. The first-order valence-corrected chi connectivity index (χ1v) is 10.9. The lowest BCUT2D eigenvalue weighted by Crippen LogP contribution is -2.38. The average molecular weight is 393 g/mol. The van der Waals surface area contributed by atoms with Gasteiger partial charge in [-0.25, -0.2) is 8.42 Å². The van der Waals surface area contributed by atoms with Crippen LogP contribution in [0.2, 0.25) is 0 Å². The predicted molar refractivity (Wildman–Crippen MR) is 104 cm³/mol. The van der Waals surface area contributed by atoms with Gasteiger partial charge in [-0.1, -0.05) is 30.2 Å². The fourth-order valence-corrected chi connectivity index (χ4v) is 4.78. The molecule has 138 valence electrons. The highest BCUT2D eigenvalue weighted by atomic mass is 35.5. The van der Waals surface area contributed by atoms with Gasteiger partial charge in [-0.15, -0.1) is 4.40 Å². The zero-order valence-electron chi connectivity index (χ0n) is 14.4. The van der Waals surface area contributed by atoms with Crippen molar-refractivity contribution in [3.05, 3.63) is 47.1 Å². The Morgan fingerprint density at radius 3 is 2.58 bits per heavy atom. The summed E-state index contributed by atoms with van der Waals surface area (Å²) in [5.74, 6) is 1.27. The van der Waals surface area contributed by atoms with E-state index in [1.807, 2.05) is 24.3 Å². The van der Waals surface area contributed by atoms with Crippen molar-refractivity contribution in [2.75, 3.05) is 12.3 Å². The van der Waals surface area contributed by atoms with Crippen molar-refractivity contribution in [2.45, 2.75) is 38.2 Å². The molecule has 4 rings (SSSR count). The van der Waals surface area contributed by atoms with Gasteiger partial charge in [0, 0.05) is 18.3 Å². The molecular weight excluding hydrogens is 372 g/mol. The van der Waals surface area contributed by atoms with Gasteiger partial charge in [0.1, 0.15) is 5.75 Å². The quantitative estimate of drug-likeness (QED) is 0.782. The average Bonchev–Trinajstić information content (AvgIpc) is 2.63. The molecule has 0 spiro atoms. The van der Waals surface area contributed by atoms with Crippen molar-refractivity contribution in [2.24, 2.45) is 4.40 Å². The molecule has 0 atom stereocenters. The fraction of sp³-hybridized carbons (Fsp3) is 0.421. The molecule has 2 aliphatic heterocycles. The maximum Gasteiger partial charge on any atom is 0.256 e. The maximum atomic E-state index is 11.9. The van der Waals surface area contributed by atoms with Crippen molar-refractivity contribution in [3.8, 4) is 5.75 Å². The van der Waals surface area contributed by atoms with E-state index in [1.54, 1.807) is 17.2 Å². The minimum absolute atomic E-state index is 0.00137. The molecule has 2 heterocycles. The summed E-state index contributed by atoms with van der Waals surface area (Å²) in [5.41, 5.74) is 1.58. The zero-order valence-corrected chi connectivity index (χ0v) is 16.0. The Morgan fingerprint density at radius 1 is 1.12 bits per heavy atom. The number of sulfonamides is 1. The largest absolute Gasteiger partial charge is 0.490 e. The topological polar surface area (TPSA) is 59.0 Å². The predicted octanol–water partition coefficient (Wildman–Crippen LogP) is 3.92. The number of nitrogens with zero attached hydrogens (tertiary/aromatic N) is 2. The maximum absolute atomic E-state index is 11.9. The minimum atomic E-state index is -3.43. The van der Waals surface area contributed by atoms with E-state index in [4.69, 9.17) is 16.3 Å². The van der Waals surface area contributed by atoms with Crippen molar-refractivity contribution < 1.29 is 13.2 Å². The van der Waals surface area contributed by atoms with Crippen molar-refractivity contribution in [3.63, 3.8) is 0 Å². The Bertz CT molecular complexity index is 882. The molecule has 0 N–H and O–H groups in total. The van der Waals surface area contributed by atoms with Gasteiger partial charge in [-0.3, -0.25) is 0 Å². The zero-order chi connectivity index (χ0) is 18.1. The van der Waals surface area contributed by atoms with Gasteiger partial charge < -0.3 is 9.64 Å². The van der Waals surface area contributed by atoms with Crippen LogP contribution in [0.5, 0.6) is 5.75 Å². The molecule has 7 heteroatoms. The first kappa shape index (κ1) is 17.6. The lowest BCUT2D eigenvalue weighted by atomic mass is 9.97. The van der Waals surface area contributed by atoms with Crippen LogP contribution in [0.15, 0.2) is 46.0 Å². The summed E-state index contributed by atoms with van der Waals surface area (Å²) in [4.78, 5) is 1.80. The third-order valence-corrected chi connectivity index (χ3v) is 6.27. The number of hydrogen-bond donors (Lipinski definition) is 0. The highest BCUT2D eigenvalue weighted by Crippen LogP contribution is 2.31. The summed E-state index contributed by atoms with van der Waals surface area (Å²) < 4.78 is 33.9. The van der Waals surface area contributed by atoms with Crippen LogP contribution < -0.4 is 4.74 Å². The molecule has 0 radical (unpaired) electrons. The lowest BCUT2D eigenvalue weighted by molar-refractivity contribution is 0.155. The molecule has 1 saturated carbocycles. The SMILES string of the molecule is O=S1(=O)CCN2C=C(Cl)C=C(c3ccc(OC4CCCCC4)cc3)C2=N1. The normalized spacial score (nSPS) is 22.8. The van der Waals surface area contributed by atoms with Gasteiger partial charge in [0.15, 0.2) is 5.84 Å². The summed E-state index contributed by atoms with van der Waals surface area (Å²) in [6.07, 6.45) is 9.74. The highest BCUT2D eigenvalue weighted by molar-refractivity contribution is 7.90. The van der Waals surface area contributed by atoms with Crippen molar-refractivity contribution in [1.29, 1.82) is 0 Å². The van der Waals surface area contributed by atoms with Gasteiger partial charge in [-0.05, 0) is 49.5 Å². The van der Waals surface area contributed by atoms with Crippen LogP contribution >= 0.6 is 11.6 Å². The van der Waals surface area contributed by atoms with E-state index >= 15 is 0 Å². The van der Waals surface area contributed by atoms with Gasteiger partial charge in [0.25, 0.3) is 10.0 Å². The number of amidine groups is 1. The summed E-state index contributed by atoms with van der Waals surface area (Å²) in [5, 5.41) is 0.556. The summed E-state index contributed by atoms with van der Waals surface area (Å²) >= 11 is 6.23. The van der Waals surface area contributed by atoms with E-state index in [-0.39, 0.29) is 5.75 Å². The van der Waals surface area contributed by atoms with Gasteiger partial charge in [0.2, 0.25) is 0 Å². The summed E-state index contributed by atoms with van der Waals surface area (Å²) in [6.45, 7) is 0.359. The molecule has 0 amide bonds. The molecule has 5 nitrogen and oxygen atoms in total. The van der Waals surface area contributed by atoms with Crippen LogP contribution in [0, 0.1) is 0 Å². The number of fused-ring (bicyclic) bond motifs is 1. The molecule has 26 heavy (non-hydrogen) atoms. The second-order valence-corrected chi connectivity index (χ2v) is 9.06. The molecule has 1 aromatic carbocycles. The Hall–Kier alpha value is -1.79. The van der Waals surface area contributed by atoms with Crippen LogP contribution in [0.25, 0.3) is 5.57 Å². The standard InChI is InChI=1S/C19H21ClN2O3S/c20-15-12-18(19-21-26(23,24)11-10-22(19)13-15)14-6-8-17(9-7-14)25-16-4-2-1-3-5-16/h6-9,12-13,16H,1-5,10-11H2. The molecule has 0 unspecified atom stereocenters. The van der Waals surface area contributed by atoms with E-state index in [9.17, 15) is 8.42 Å². The van der Waals surface area contributed by atoms with Gasteiger partial charge >= 0.3 is 0 Å². The Morgan fingerprint density at radius 2 is 1.85 bits per heavy atom. The molecule has 1 aromatic rings. The lowest BCUT2D eigenvalue weighted by Gasteiger charge is -2.30. The van der Waals surface area contributed by atoms with E-state index in [0.717, 1.165) is 24.2 Å². The molecule has 1 aliphatic carbocycles. The van der Waals surface area contributed by atoms with E-state index in [0.29, 0.717) is 29.1 Å². The number of benzene rings is 1. The molecular formula is C19H21ClN2O3S. The Kier molecular flexibility index (Phi) is 4.80. The highest BCUT2D eigenvalue weighted by Gasteiger charge is 2.29. The number of allylic oxidation sites excluding steroid dienone is 2. The second-order valence-electron chi connectivity index (χ2n) is 6.87. The third-order valence-electron chi connectivity index (χ3n) is 4.91. The van der Waals surface area contributed by atoms with Crippen LogP contribution in [0.4, 0.5) is 0 Å². The van der Waals surface area contributed by atoms with E-state index in [1.165, 1.54) is 19.3 Å². The minimum Gasteiger partial charge on any atom is -0.490 e. The first-order valence-electron chi connectivity index (χ1n) is 8.96. The molecule has 0 bridgehead atoms. The second kappa shape index (κ2) is 7.08. The fourth-order valence-electron chi connectivity index (χ4n) is 3.57. The van der Waals surface area contributed by atoms with Crippen LogP contribution in [0.1, 0.15) is 37.7 Å². The molecule has 1 fully saturated rings. The number of hydrogen-bond acceptors (Lipinski definition) is 4. The van der Waals surface area contributed by atoms with E-state index in [2.05, 4.69) is 4.40 Å². The summed E-state index contributed by atoms with van der Waals surface area (Å²) in [7, 11) is -3.43. The number of halogens is 1. The Labute approximate surface area is 159 Å². The first-order chi connectivity index (χ1) is 12.5. The van der Waals surface area contributed by atoms with Gasteiger partial charge in [-0.2, -0.15) is 0 Å². The monoisotopic (exact) mass is 392 g/mol. The number of ether oxygens (including phenoxy) is 1. The van der Waals surface area contributed by atoms with Gasteiger partial charge in [0.05, 0.1) is 16.9 Å². The molecule has 0 aromatic heterocycles. The number of rotatable bonds is 3. The van der Waals surface area contributed by atoms with E-state index < -0.39 is 10.0 Å². The summed E-state index contributed by atoms with van der Waals surface area (Å²) in [6, 6.07) is 7.72. The van der Waals surface area contributed by atoms with Crippen molar-refractivity contribution >= 4 is 33.0 Å². The smallest absolute Gasteiger partial charge is 0.256 e. The van der Waals surface area contributed by atoms with Crippen LogP contribution in [-0.2, 0) is 10.0 Å². The molecule has 0 saturated heterocycles. The van der Waals surface area contributed by atoms with Crippen molar-refractivity contribution in [1.82, 2.24) is 4.90 Å². The van der Waals surface area contributed by atoms with Crippen LogP contribution in [-0.4, -0.2) is 37.6 Å².